The Labute approximate surface area is 120 Å². The van der Waals surface area contributed by atoms with E-state index in [-0.39, 0.29) is 11.9 Å². The molecule has 1 aromatic rings. The van der Waals surface area contributed by atoms with Gasteiger partial charge in [-0.25, -0.2) is 0 Å². The maximum atomic E-state index is 12.2. The van der Waals surface area contributed by atoms with Gasteiger partial charge in [0.2, 0.25) is 5.91 Å². The standard InChI is InChI=1S/C16H24N2O2/c1-12(9-13-5-3-4-6-15(13)20-2)10-16(19)18-8-7-14(17)11-18/h3-6,12,14H,7-11,17H2,1-2H3/t12-,14-/m1/s1. The fourth-order valence-electron chi connectivity index (χ4n) is 2.76. The third-order valence-electron chi connectivity index (χ3n) is 3.86. The normalized spacial score (nSPS) is 19.9. The van der Waals surface area contributed by atoms with E-state index in [1.807, 2.05) is 23.1 Å². The SMILES string of the molecule is COc1ccccc1C[C@@H](C)CC(=O)N1CC[C@@H](N)C1. The molecule has 0 saturated carbocycles. The second-order valence-electron chi connectivity index (χ2n) is 5.71. The highest BCUT2D eigenvalue weighted by atomic mass is 16.5. The van der Waals surface area contributed by atoms with Crippen LogP contribution in [0.3, 0.4) is 0 Å². The highest BCUT2D eigenvalue weighted by Crippen LogP contribution is 2.23. The predicted octanol–water partition coefficient (Wildman–Crippen LogP) is 1.82. The van der Waals surface area contributed by atoms with Crippen molar-refractivity contribution in [1.29, 1.82) is 0 Å². The summed E-state index contributed by atoms with van der Waals surface area (Å²) in [5.74, 6) is 1.42. The van der Waals surface area contributed by atoms with Crippen LogP contribution in [-0.4, -0.2) is 37.0 Å². The average molecular weight is 276 g/mol. The summed E-state index contributed by atoms with van der Waals surface area (Å²) in [6.45, 7) is 3.63. The van der Waals surface area contributed by atoms with Crippen LogP contribution in [0.1, 0.15) is 25.3 Å². The lowest BCUT2D eigenvalue weighted by molar-refractivity contribution is -0.131. The number of amides is 1. The second-order valence-corrected chi connectivity index (χ2v) is 5.71. The van der Waals surface area contributed by atoms with Gasteiger partial charge < -0.3 is 15.4 Å². The van der Waals surface area contributed by atoms with Gasteiger partial charge in [-0.05, 0) is 30.4 Å². The van der Waals surface area contributed by atoms with Crippen molar-refractivity contribution < 1.29 is 9.53 Å². The fourth-order valence-corrected chi connectivity index (χ4v) is 2.76. The Balaban J connectivity index is 1.89. The Hall–Kier alpha value is -1.55. The lowest BCUT2D eigenvalue weighted by Crippen LogP contribution is -2.32. The van der Waals surface area contributed by atoms with Gasteiger partial charge in [-0.1, -0.05) is 25.1 Å². The molecule has 1 aliphatic heterocycles. The first kappa shape index (κ1) is 14.9. The molecule has 0 bridgehead atoms. The van der Waals surface area contributed by atoms with Crippen LogP contribution >= 0.6 is 0 Å². The largest absolute Gasteiger partial charge is 0.496 e. The van der Waals surface area contributed by atoms with Gasteiger partial charge in [-0.15, -0.1) is 0 Å². The van der Waals surface area contributed by atoms with Gasteiger partial charge in [-0.3, -0.25) is 4.79 Å². The molecule has 110 valence electrons. The number of methoxy groups -OCH3 is 1. The van der Waals surface area contributed by atoms with E-state index in [0.717, 1.165) is 30.7 Å². The zero-order chi connectivity index (χ0) is 14.5. The van der Waals surface area contributed by atoms with E-state index < -0.39 is 0 Å². The van der Waals surface area contributed by atoms with Gasteiger partial charge in [-0.2, -0.15) is 0 Å². The molecular weight excluding hydrogens is 252 g/mol. The molecule has 2 N–H and O–H groups in total. The molecule has 1 saturated heterocycles. The van der Waals surface area contributed by atoms with Crippen LogP contribution in [0.25, 0.3) is 0 Å². The first-order valence-corrected chi connectivity index (χ1v) is 7.25. The van der Waals surface area contributed by atoms with Gasteiger partial charge in [0.1, 0.15) is 5.75 Å². The molecule has 0 spiro atoms. The molecule has 4 heteroatoms. The summed E-state index contributed by atoms with van der Waals surface area (Å²) in [5.41, 5.74) is 7.01. The summed E-state index contributed by atoms with van der Waals surface area (Å²) in [6, 6.07) is 8.15. The van der Waals surface area contributed by atoms with Crippen LogP contribution < -0.4 is 10.5 Å². The van der Waals surface area contributed by atoms with Crippen molar-refractivity contribution in [2.75, 3.05) is 20.2 Å². The topological polar surface area (TPSA) is 55.6 Å². The van der Waals surface area contributed by atoms with Gasteiger partial charge >= 0.3 is 0 Å². The average Bonchev–Trinajstić information content (AvgIpc) is 2.86. The van der Waals surface area contributed by atoms with Crippen molar-refractivity contribution in [3.05, 3.63) is 29.8 Å². The Morgan fingerprint density at radius 1 is 1.50 bits per heavy atom. The van der Waals surface area contributed by atoms with Gasteiger partial charge in [0.15, 0.2) is 0 Å². The van der Waals surface area contributed by atoms with Crippen LogP contribution in [0.4, 0.5) is 0 Å². The molecule has 1 amide bonds. The molecule has 1 fully saturated rings. The van der Waals surface area contributed by atoms with Crippen LogP contribution in [0.5, 0.6) is 5.75 Å². The lowest BCUT2D eigenvalue weighted by Gasteiger charge is -2.19. The highest BCUT2D eigenvalue weighted by molar-refractivity contribution is 5.76. The number of likely N-dealkylation sites (tertiary alicyclic amines) is 1. The number of para-hydroxylation sites is 1. The van der Waals surface area contributed by atoms with E-state index in [4.69, 9.17) is 10.5 Å². The quantitative estimate of drug-likeness (QED) is 0.892. The zero-order valence-electron chi connectivity index (χ0n) is 12.3. The number of benzene rings is 1. The van der Waals surface area contributed by atoms with E-state index in [0.29, 0.717) is 18.9 Å². The summed E-state index contributed by atoms with van der Waals surface area (Å²) in [5, 5.41) is 0. The van der Waals surface area contributed by atoms with Crippen LogP contribution in [0, 0.1) is 5.92 Å². The van der Waals surface area contributed by atoms with Crippen molar-refractivity contribution in [3.63, 3.8) is 0 Å². The minimum absolute atomic E-state index is 0.156. The smallest absolute Gasteiger partial charge is 0.222 e. The molecule has 0 aromatic heterocycles. The summed E-state index contributed by atoms with van der Waals surface area (Å²) < 4.78 is 5.35. The molecule has 2 atom stereocenters. The monoisotopic (exact) mass is 276 g/mol. The molecule has 0 aliphatic carbocycles. The summed E-state index contributed by atoms with van der Waals surface area (Å²) >= 11 is 0. The number of carbonyl (C=O) groups is 1. The maximum Gasteiger partial charge on any atom is 0.222 e. The summed E-state index contributed by atoms with van der Waals surface area (Å²) in [6.07, 6.45) is 2.35. The third kappa shape index (κ3) is 3.73. The minimum atomic E-state index is 0.156. The molecule has 1 heterocycles. The summed E-state index contributed by atoms with van der Waals surface area (Å²) in [4.78, 5) is 14.1. The molecule has 0 unspecified atom stereocenters. The zero-order valence-corrected chi connectivity index (χ0v) is 12.3. The van der Waals surface area contributed by atoms with E-state index in [9.17, 15) is 4.79 Å². The molecule has 0 radical (unpaired) electrons. The Morgan fingerprint density at radius 3 is 2.90 bits per heavy atom. The number of carbonyl (C=O) groups excluding carboxylic acids is 1. The van der Waals surface area contributed by atoms with Gasteiger partial charge in [0.05, 0.1) is 7.11 Å². The first-order chi connectivity index (χ1) is 9.60. The first-order valence-electron chi connectivity index (χ1n) is 7.25. The van der Waals surface area contributed by atoms with Crippen LogP contribution in [0.2, 0.25) is 0 Å². The molecule has 20 heavy (non-hydrogen) atoms. The van der Waals surface area contributed by atoms with E-state index in [1.54, 1.807) is 7.11 Å². The Morgan fingerprint density at radius 2 is 2.25 bits per heavy atom. The second kappa shape index (κ2) is 6.75. The summed E-state index contributed by atoms with van der Waals surface area (Å²) in [7, 11) is 1.68. The van der Waals surface area contributed by atoms with Crippen LogP contribution in [0.15, 0.2) is 24.3 Å². The number of nitrogens with zero attached hydrogens (tertiary/aromatic N) is 1. The number of hydrogen-bond acceptors (Lipinski definition) is 3. The lowest BCUT2D eigenvalue weighted by atomic mass is 9.97. The highest BCUT2D eigenvalue weighted by Gasteiger charge is 2.24. The molecule has 4 nitrogen and oxygen atoms in total. The van der Waals surface area contributed by atoms with Gasteiger partial charge in [0, 0.05) is 25.6 Å². The predicted molar refractivity (Wildman–Crippen MR) is 79.7 cm³/mol. The molecule has 2 rings (SSSR count). The third-order valence-corrected chi connectivity index (χ3v) is 3.86. The Bertz CT molecular complexity index is 462. The molecular formula is C16H24N2O2. The van der Waals surface area contributed by atoms with Crippen molar-refractivity contribution in [1.82, 2.24) is 4.90 Å². The number of hydrogen-bond donors (Lipinski definition) is 1. The molecule has 1 aromatic carbocycles. The maximum absolute atomic E-state index is 12.2. The van der Waals surface area contributed by atoms with Crippen molar-refractivity contribution >= 4 is 5.91 Å². The number of ether oxygens (including phenoxy) is 1. The fraction of sp³-hybridized carbons (Fsp3) is 0.562. The van der Waals surface area contributed by atoms with E-state index >= 15 is 0 Å². The van der Waals surface area contributed by atoms with E-state index in [2.05, 4.69) is 13.0 Å². The van der Waals surface area contributed by atoms with E-state index in [1.165, 1.54) is 0 Å². The van der Waals surface area contributed by atoms with Crippen molar-refractivity contribution in [3.8, 4) is 5.75 Å². The number of nitrogens with two attached hydrogens (primary N) is 1. The minimum Gasteiger partial charge on any atom is -0.496 e. The van der Waals surface area contributed by atoms with Crippen molar-refractivity contribution in [2.24, 2.45) is 11.7 Å². The van der Waals surface area contributed by atoms with Crippen LogP contribution in [-0.2, 0) is 11.2 Å². The van der Waals surface area contributed by atoms with Gasteiger partial charge in [0.25, 0.3) is 0 Å². The Kier molecular flexibility index (Phi) is 5.01. The molecule has 1 aliphatic rings. The number of rotatable bonds is 5. The van der Waals surface area contributed by atoms with Crippen molar-refractivity contribution in [2.45, 2.75) is 32.2 Å².